The van der Waals surface area contributed by atoms with Gasteiger partial charge in [-0.2, -0.15) is 0 Å². The monoisotopic (exact) mass is 386 g/mol. The Morgan fingerprint density at radius 1 is 1.04 bits per heavy atom. The Bertz CT molecular complexity index is 793. The van der Waals surface area contributed by atoms with Crippen LogP contribution < -0.4 is 0 Å². The molecule has 0 saturated heterocycles. The first-order chi connectivity index (χ1) is 13.1. The molecule has 5 nitrogen and oxygen atoms in total. The second-order valence-corrected chi connectivity index (χ2v) is 9.58. The first kappa shape index (κ1) is 19.4. The molecule has 0 heterocycles. The number of allylic oxidation sites excluding steroid dienone is 3. The van der Waals surface area contributed by atoms with Crippen LogP contribution >= 0.6 is 0 Å². The molecule has 0 aromatic carbocycles. The molecule has 0 aromatic rings. The van der Waals surface area contributed by atoms with Crippen LogP contribution in [0.15, 0.2) is 23.5 Å². The molecular formula is C23H30O5. The number of carbonyl (C=O) groups is 3. The maximum absolute atomic E-state index is 12.1. The molecule has 4 aliphatic carbocycles. The molecular weight excluding hydrogens is 356 g/mol. The minimum Gasteiger partial charge on any atom is -0.462 e. The normalized spacial score (nSPS) is 41.8. The Kier molecular flexibility index (Phi) is 4.55. The number of rotatable bonds is 2. The van der Waals surface area contributed by atoms with E-state index in [1.54, 1.807) is 6.08 Å². The second kappa shape index (κ2) is 6.57. The van der Waals surface area contributed by atoms with Crippen molar-refractivity contribution in [3.63, 3.8) is 0 Å². The Labute approximate surface area is 166 Å². The fourth-order valence-corrected chi connectivity index (χ4v) is 6.68. The lowest BCUT2D eigenvalue weighted by atomic mass is 9.49. The van der Waals surface area contributed by atoms with Gasteiger partial charge in [-0.15, -0.1) is 0 Å². The van der Waals surface area contributed by atoms with Crippen molar-refractivity contribution in [3.05, 3.63) is 23.5 Å². The summed E-state index contributed by atoms with van der Waals surface area (Å²) in [4.78, 5) is 35.5. The Hall–Kier alpha value is -1.91. The summed E-state index contributed by atoms with van der Waals surface area (Å²) in [7, 11) is 0. The van der Waals surface area contributed by atoms with Gasteiger partial charge in [0.05, 0.1) is 0 Å². The van der Waals surface area contributed by atoms with Gasteiger partial charge in [-0.1, -0.05) is 13.8 Å². The highest BCUT2D eigenvalue weighted by Crippen LogP contribution is 2.65. The standard InChI is InChI=1S/C23H30O5/c1-13(24)27-20-12-16-17-5-6-21(28-14(2)25)23(17,4)10-8-18(16)22(3)9-7-15(26)11-19(20)22/h11-12,16-18,21H,5-10H2,1-4H3/t16-,17-,18-,21-,22+,23-/m0/s1. The first-order valence-corrected chi connectivity index (χ1v) is 10.5. The van der Waals surface area contributed by atoms with E-state index in [1.807, 2.05) is 0 Å². The Morgan fingerprint density at radius 2 is 1.79 bits per heavy atom. The third-order valence-corrected chi connectivity index (χ3v) is 8.05. The van der Waals surface area contributed by atoms with Gasteiger partial charge in [0.1, 0.15) is 11.9 Å². The van der Waals surface area contributed by atoms with Crippen LogP contribution in [0.4, 0.5) is 0 Å². The average Bonchev–Trinajstić information content (AvgIpc) is 2.92. The predicted molar refractivity (Wildman–Crippen MR) is 103 cm³/mol. The Morgan fingerprint density at radius 3 is 2.46 bits per heavy atom. The molecule has 0 aliphatic heterocycles. The third kappa shape index (κ3) is 2.85. The molecule has 6 atom stereocenters. The summed E-state index contributed by atoms with van der Waals surface area (Å²) < 4.78 is 11.3. The maximum Gasteiger partial charge on any atom is 0.308 e. The summed E-state index contributed by atoms with van der Waals surface area (Å²) in [5.74, 6) is 1.19. The van der Waals surface area contributed by atoms with Crippen LogP contribution in [-0.2, 0) is 23.9 Å². The fourth-order valence-electron chi connectivity index (χ4n) is 6.68. The van der Waals surface area contributed by atoms with Crippen LogP contribution in [0.2, 0.25) is 0 Å². The van der Waals surface area contributed by atoms with E-state index in [9.17, 15) is 14.4 Å². The molecule has 5 heteroatoms. The van der Waals surface area contributed by atoms with E-state index < -0.39 is 0 Å². The van der Waals surface area contributed by atoms with Gasteiger partial charge in [-0.05, 0) is 62.0 Å². The van der Waals surface area contributed by atoms with E-state index in [0.29, 0.717) is 24.0 Å². The van der Waals surface area contributed by atoms with Crippen LogP contribution in [0.1, 0.15) is 66.2 Å². The Balaban J connectivity index is 1.76. The smallest absolute Gasteiger partial charge is 0.308 e. The largest absolute Gasteiger partial charge is 0.462 e. The van der Waals surface area contributed by atoms with Gasteiger partial charge in [0.25, 0.3) is 0 Å². The summed E-state index contributed by atoms with van der Waals surface area (Å²) in [6, 6.07) is 0. The van der Waals surface area contributed by atoms with Crippen molar-refractivity contribution in [2.75, 3.05) is 0 Å². The van der Waals surface area contributed by atoms with Gasteiger partial charge >= 0.3 is 11.9 Å². The number of fused-ring (bicyclic) bond motifs is 5. The van der Waals surface area contributed by atoms with Crippen LogP contribution in [0, 0.1) is 28.6 Å². The fraction of sp³-hybridized carbons (Fsp3) is 0.696. The van der Waals surface area contributed by atoms with E-state index >= 15 is 0 Å². The van der Waals surface area contributed by atoms with Gasteiger partial charge in [0.15, 0.2) is 5.78 Å². The summed E-state index contributed by atoms with van der Waals surface area (Å²) in [6.07, 6.45) is 9.06. The van der Waals surface area contributed by atoms with Crippen LogP contribution in [0.25, 0.3) is 0 Å². The molecule has 2 fully saturated rings. The van der Waals surface area contributed by atoms with E-state index in [0.717, 1.165) is 37.7 Å². The molecule has 0 spiro atoms. The van der Waals surface area contributed by atoms with E-state index in [1.165, 1.54) is 13.8 Å². The molecule has 0 N–H and O–H groups in total. The zero-order valence-electron chi connectivity index (χ0n) is 17.2. The minimum atomic E-state index is -0.353. The second-order valence-electron chi connectivity index (χ2n) is 9.58. The zero-order chi connectivity index (χ0) is 20.3. The number of carbonyl (C=O) groups excluding carboxylic acids is 3. The lowest BCUT2D eigenvalue weighted by molar-refractivity contribution is -0.156. The highest BCUT2D eigenvalue weighted by Gasteiger charge is 2.60. The average molecular weight is 386 g/mol. The number of ketones is 1. The van der Waals surface area contributed by atoms with E-state index in [2.05, 4.69) is 19.9 Å². The zero-order valence-corrected chi connectivity index (χ0v) is 17.2. The van der Waals surface area contributed by atoms with Crippen LogP contribution in [0.3, 0.4) is 0 Å². The number of hydrogen-bond acceptors (Lipinski definition) is 5. The first-order valence-electron chi connectivity index (χ1n) is 10.5. The summed E-state index contributed by atoms with van der Waals surface area (Å²) in [6.45, 7) is 7.39. The summed E-state index contributed by atoms with van der Waals surface area (Å²) in [5.41, 5.74) is 0.699. The third-order valence-electron chi connectivity index (χ3n) is 8.05. The molecule has 0 amide bonds. The highest BCUT2D eigenvalue weighted by molar-refractivity contribution is 5.92. The van der Waals surface area contributed by atoms with Crippen molar-refractivity contribution >= 4 is 17.7 Å². The lowest BCUT2D eigenvalue weighted by Crippen LogP contribution is -2.51. The van der Waals surface area contributed by atoms with Crippen molar-refractivity contribution in [1.29, 1.82) is 0 Å². The minimum absolute atomic E-state index is 0.0424. The SMILES string of the molecule is CC(=O)OC1=C[C@H]2[C@@H]3CC[C@H](OC(C)=O)[C@@]3(C)CC[C@@H]2[C@@]2(C)CCC(=O)C=C12. The van der Waals surface area contributed by atoms with Gasteiger partial charge in [0, 0.05) is 36.7 Å². The molecule has 152 valence electrons. The number of esters is 2. The van der Waals surface area contributed by atoms with Crippen LogP contribution in [-0.4, -0.2) is 23.8 Å². The van der Waals surface area contributed by atoms with E-state index in [4.69, 9.17) is 9.47 Å². The van der Waals surface area contributed by atoms with Crippen molar-refractivity contribution in [2.24, 2.45) is 28.6 Å². The molecule has 2 saturated carbocycles. The predicted octanol–water partition coefficient (Wildman–Crippen LogP) is 4.12. The molecule has 0 unspecified atom stereocenters. The number of hydrogen-bond donors (Lipinski definition) is 0. The molecule has 0 radical (unpaired) electrons. The molecule has 0 bridgehead atoms. The van der Waals surface area contributed by atoms with Crippen molar-refractivity contribution < 1.29 is 23.9 Å². The molecule has 28 heavy (non-hydrogen) atoms. The van der Waals surface area contributed by atoms with Crippen molar-refractivity contribution in [1.82, 2.24) is 0 Å². The van der Waals surface area contributed by atoms with E-state index in [-0.39, 0.29) is 40.6 Å². The van der Waals surface area contributed by atoms with Gasteiger partial charge < -0.3 is 9.47 Å². The molecule has 0 aromatic heterocycles. The van der Waals surface area contributed by atoms with Gasteiger partial charge in [0.2, 0.25) is 0 Å². The van der Waals surface area contributed by atoms with Crippen LogP contribution in [0.5, 0.6) is 0 Å². The summed E-state index contributed by atoms with van der Waals surface area (Å²) in [5, 5.41) is 0. The number of ether oxygens (including phenoxy) is 2. The van der Waals surface area contributed by atoms with Gasteiger partial charge in [-0.25, -0.2) is 0 Å². The molecule has 4 rings (SSSR count). The summed E-state index contributed by atoms with van der Waals surface area (Å²) >= 11 is 0. The van der Waals surface area contributed by atoms with Gasteiger partial charge in [-0.3, -0.25) is 14.4 Å². The van der Waals surface area contributed by atoms with Crippen molar-refractivity contribution in [2.45, 2.75) is 72.3 Å². The highest BCUT2D eigenvalue weighted by atomic mass is 16.5. The topological polar surface area (TPSA) is 69.7 Å². The maximum atomic E-state index is 12.1. The lowest BCUT2D eigenvalue weighted by Gasteiger charge is -2.56. The quantitative estimate of drug-likeness (QED) is 0.668. The van der Waals surface area contributed by atoms with Crippen molar-refractivity contribution in [3.8, 4) is 0 Å². The molecule has 4 aliphatic rings.